The molecule has 32 heavy (non-hydrogen) atoms. The number of carbonyl (C=O) groups is 1. The number of benzene rings is 3. The Bertz CT molecular complexity index is 1200. The Morgan fingerprint density at radius 2 is 1.84 bits per heavy atom. The number of hydrogen-bond acceptors (Lipinski definition) is 4. The van der Waals surface area contributed by atoms with Crippen molar-refractivity contribution in [2.24, 2.45) is 0 Å². The maximum Gasteiger partial charge on any atom is 0.266 e. The Morgan fingerprint density at radius 1 is 1.09 bits per heavy atom. The number of carbonyl (C=O) groups excluding carboxylic acids is 1. The Balaban J connectivity index is 1.81. The predicted molar refractivity (Wildman–Crippen MR) is 127 cm³/mol. The molecule has 0 aliphatic carbocycles. The Morgan fingerprint density at radius 3 is 2.50 bits per heavy atom. The second-order valence-electron chi connectivity index (χ2n) is 7.23. The van der Waals surface area contributed by atoms with E-state index in [1.54, 1.807) is 36.4 Å². The first-order valence-electron chi connectivity index (χ1n) is 9.96. The minimum atomic E-state index is -0.510. The Hall–Kier alpha value is -3.75. The number of hydrogen-bond donors (Lipinski definition) is 1. The van der Waals surface area contributed by atoms with Crippen LogP contribution in [0.3, 0.4) is 0 Å². The first-order valence-corrected chi connectivity index (χ1v) is 10.3. The highest BCUT2D eigenvalue weighted by Gasteiger charge is 2.15. The number of para-hydroxylation sites is 1. The van der Waals surface area contributed by atoms with Gasteiger partial charge in [-0.1, -0.05) is 48.0 Å². The third kappa shape index (κ3) is 5.69. The van der Waals surface area contributed by atoms with Crippen LogP contribution >= 0.6 is 11.6 Å². The van der Waals surface area contributed by atoms with Crippen LogP contribution < -0.4 is 14.8 Å². The molecule has 0 unspecified atom stereocenters. The predicted octanol–water partition coefficient (Wildman–Crippen LogP) is 6.09. The number of nitriles is 1. The number of rotatable bonds is 7. The second kappa shape index (κ2) is 10.5. The van der Waals surface area contributed by atoms with Crippen LogP contribution in [0.2, 0.25) is 5.02 Å². The molecule has 0 aromatic heterocycles. The third-order valence-electron chi connectivity index (χ3n) is 4.91. The molecule has 3 aromatic rings. The van der Waals surface area contributed by atoms with Gasteiger partial charge in [0.25, 0.3) is 5.91 Å². The van der Waals surface area contributed by atoms with E-state index in [0.29, 0.717) is 34.4 Å². The first kappa shape index (κ1) is 22.9. The van der Waals surface area contributed by atoms with Gasteiger partial charge in [0.15, 0.2) is 11.5 Å². The zero-order valence-electron chi connectivity index (χ0n) is 18.1. The lowest BCUT2D eigenvalue weighted by molar-refractivity contribution is -0.112. The molecule has 0 saturated carbocycles. The van der Waals surface area contributed by atoms with Crippen LogP contribution in [0, 0.1) is 25.2 Å². The highest BCUT2D eigenvalue weighted by Crippen LogP contribution is 2.37. The first-order chi connectivity index (χ1) is 15.4. The van der Waals surface area contributed by atoms with Gasteiger partial charge in [0.2, 0.25) is 0 Å². The average molecular weight is 447 g/mol. The summed E-state index contributed by atoms with van der Waals surface area (Å²) in [4.78, 5) is 12.5. The molecule has 0 atom stereocenters. The molecular weight excluding hydrogens is 424 g/mol. The molecule has 0 saturated heterocycles. The molecule has 0 fully saturated rings. The van der Waals surface area contributed by atoms with Crippen LogP contribution in [0.1, 0.15) is 22.3 Å². The van der Waals surface area contributed by atoms with Gasteiger partial charge in [-0.3, -0.25) is 4.79 Å². The van der Waals surface area contributed by atoms with Gasteiger partial charge in [-0.05, 0) is 66.4 Å². The normalized spacial score (nSPS) is 10.9. The van der Waals surface area contributed by atoms with E-state index in [1.165, 1.54) is 24.3 Å². The summed E-state index contributed by atoms with van der Waals surface area (Å²) in [5.41, 5.74) is 4.50. The van der Waals surface area contributed by atoms with E-state index in [0.717, 1.165) is 5.56 Å². The number of ether oxygens (including phenoxy) is 2. The summed E-state index contributed by atoms with van der Waals surface area (Å²) in [5.74, 6) is 0.300. The fraction of sp³-hybridized carbons (Fsp3) is 0.154. The molecule has 0 aliphatic rings. The average Bonchev–Trinajstić information content (AvgIpc) is 2.79. The lowest BCUT2D eigenvalue weighted by Crippen LogP contribution is -2.13. The molecule has 5 nitrogen and oxygen atoms in total. The SMILES string of the molecule is COc1cc(/C=C(\C#N)C(=O)Nc2ccccc2)cc(Cl)c1OCc1ccc(C)c(C)c1. The molecular formula is C26H23ClN2O3. The number of nitrogens with one attached hydrogen (secondary N) is 1. The van der Waals surface area contributed by atoms with E-state index in [4.69, 9.17) is 21.1 Å². The van der Waals surface area contributed by atoms with Gasteiger partial charge in [-0.15, -0.1) is 0 Å². The molecule has 3 aromatic carbocycles. The summed E-state index contributed by atoms with van der Waals surface area (Å²) in [7, 11) is 1.51. The van der Waals surface area contributed by atoms with Gasteiger partial charge in [-0.25, -0.2) is 0 Å². The molecule has 0 aliphatic heterocycles. The zero-order valence-corrected chi connectivity index (χ0v) is 18.9. The summed E-state index contributed by atoms with van der Waals surface area (Å²) < 4.78 is 11.4. The van der Waals surface area contributed by atoms with Gasteiger partial charge in [-0.2, -0.15) is 5.26 Å². The third-order valence-corrected chi connectivity index (χ3v) is 5.19. The van der Waals surface area contributed by atoms with E-state index < -0.39 is 5.91 Å². The number of halogens is 1. The maximum atomic E-state index is 12.5. The van der Waals surface area contributed by atoms with Gasteiger partial charge < -0.3 is 14.8 Å². The van der Waals surface area contributed by atoms with Crippen molar-refractivity contribution in [1.29, 1.82) is 5.26 Å². The molecule has 0 heterocycles. The number of methoxy groups -OCH3 is 1. The van der Waals surface area contributed by atoms with Crippen molar-refractivity contribution in [3.63, 3.8) is 0 Å². The molecule has 0 spiro atoms. The summed E-state index contributed by atoms with van der Waals surface area (Å²) >= 11 is 6.45. The Labute approximate surface area is 192 Å². The number of aryl methyl sites for hydroxylation is 2. The van der Waals surface area contributed by atoms with Crippen molar-refractivity contribution in [3.05, 3.63) is 93.5 Å². The maximum absolute atomic E-state index is 12.5. The van der Waals surface area contributed by atoms with E-state index in [-0.39, 0.29) is 5.57 Å². The van der Waals surface area contributed by atoms with Crippen molar-refractivity contribution in [2.75, 3.05) is 12.4 Å². The highest BCUT2D eigenvalue weighted by molar-refractivity contribution is 6.32. The molecule has 1 N–H and O–H groups in total. The topological polar surface area (TPSA) is 71.3 Å². The largest absolute Gasteiger partial charge is 0.493 e. The van der Waals surface area contributed by atoms with Gasteiger partial charge in [0.05, 0.1) is 12.1 Å². The Kier molecular flexibility index (Phi) is 7.54. The van der Waals surface area contributed by atoms with Crippen LogP contribution in [0.4, 0.5) is 5.69 Å². The molecule has 0 radical (unpaired) electrons. The lowest BCUT2D eigenvalue weighted by atomic mass is 10.1. The lowest BCUT2D eigenvalue weighted by Gasteiger charge is -2.14. The summed E-state index contributed by atoms with van der Waals surface area (Å²) in [6.45, 7) is 4.44. The second-order valence-corrected chi connectivity index (χ2v) is 7.64. The van der Waals surface area contributed by atoms with Gasteiger partial charge >= 0.3 is 0 Å². The van der Waals surface area contributed by atoms with E-state index in [2.05, 4.69) is 18.3 Å². The highest BCUT2D eigenvalue weighted by atomic mass is 35.5. The van der Waals surface area contributed by atoms with Crippen molar-refractivity contribution in [3.8, 4) is 17.6 Å². The van der Waals surface area contributed by atoms with Crippen molar-refractivity contribution >= 4 is 29.3 Å². The summed E-state index contributed by atoms with van der Waals surface area (Å²) in [6, 6.07) is 20.3. The van der Waals surface area contributed by atoms with Crippen LogP contribution in [-0.2, 0) is 11.4 Å². The van der Waals surface area contributed by atoms with Crippen LogP contribution in [0.5, 0.6) is 11.5 Å². The fourth-order valence-electron chi connectivity index (χ4n) is 3.05. The monoisotopic (exact) mass is 446 g/mol. The van der Waals surface area contributed by atoms with Crippen LogP contribution in [0.25, 0.3) is 6.08 Å². The molecule has 1 amide bonds. The van der Waals surface area contributed by atoms with Crippen LogP contribution in [-0.4, -0.2) is 13.0 Å². The zero-order chi connectivity index (χ0) is 23.1. The van der Waals surface area contributed by atoms with Gasteiger partial charge in [0.1, 0.15) is 18.2 Å². The molecule has 0 bridgehead atoms. The molecule has 3 rings (SSSR count). The molecule has 6 heteroatoms. The minimum absolute atomic E-state index is 0.0595. The number of nitrogens with zero attached hydrogens (tertiary/aromatic N) is 1. The molecule has 162 valence electrons. The van der Waals surface area contributed by atoms with E-state index in [9.17, 15) is 10.1 Å². The van der Waals surface area contributed by atoms with E-state index in [1.807, 2.05) is 31.2 Å². The van der Waals surface area contributed by atoms with Crippen LogP contribution in [0.15, 0.2) is 66.2 Å². The van der Waals surface area contributed by atoms with Gasteiger partial charge in [0, 0.05) is 5.69 Å². The standard InChI is InChI=1S/C26H23ClN2O3/c1-17-9-10-19(11-18(17)2)16-32-25-23(27)13-20(14-24(25)31-3)12-21(15-28)26(30)29-22-7-5-4-6-8-22/h4-14H,16H2,1-3H3,(H,29,30)/b21-12+. The number of anilines is 1. The fourth-order valence-corrected chi connectivity index (χ4v) is 3.32. The minimum Gasteiger partial charge on any atom is -0.493 e. The summed E-state index contributed by atoms with van der Waals surface area (Å²) in [6.07, 6.45) is 1.46. The van der Waals surface area contributed by atoms with Crippen molar-refractivity contribution in [2.45, 2.75) is 20.5 Å². The number of amides is 1. The summed E-state index contributed by atoms with van der Waals surface area (Å²) in [5, 5.41) is 12.5. The smallest absolute Gasteiger partial charge is 0.266 e. The van der Waals surface area contributed by atoms with Crippen molar-refractivity contribution in [1.82, 2.24) is 0 Å². The van der Waals surface area contributed by atoms with E-state index >= 15 is 0 Å². The quantitative estimate of drug-likeness (QED) is 0.352. The van der Waals surface area contributed by atoms with Crippen molar-refractivity contribution < 1.29 is 14.3 Å².